The van der Waals surface area contributed by atoms with Gasteiger partial charge in [0.15, 0.2) is 0 Å². The lowest BCUT2D eigenvalue weighted by molar-refractivity contribution is -0.119. The molecule has 0 fully saturated rings. The summed E-state index contributed by atoms with van der Waals surface area (Å²) in [5, 5.41) is 3.80. The summed E-state index contributed by atoms with van der Waals surface area (Å²) in [6, 6.07) is 13.2. The van der Waals surface area contributed by atoms with Crippen molar-refractivity contribution < 1.29 is 4.79 Å². The Hall–Kier alpha value is -1.51. The number of carbonyl (C=O) groups excluding carboxylic acids is 1. The number of benzene rings is 2. The molecule has 0 spiro atoms. The SMILES string of the molecule is CNC(=O)Cc1cccc(-c2cc(Cl)cc(Cl)c2)c1. The van der Waals surface area contributed by atoms with Crippen LogP contribution in [0.25, 0.3) is 11.1 Å². The van der Waals surface area contributed by atoms with Crippen molar-refractivity contribution in [3.8, 4) is 11.1 Å². The number of nitrogens with one attached hydrogen (secondary N) is 1. The maximum Gasteiger partial charge on any atom is 0.224 e. The van der Waals surface area contributed by atoms with Gasteiger partial charge in [-0.3, -0.25) is 4.79 Å². The van der Waals surface area contributed by atoms with Gasteiger partial charge in [0.05, 0.1) is 6.42 Å². The average Bonchev–Trinajstić information content (AvgIpc) is 2.38. The van der Waals surface area contributed by atoms with Gasteiger partial charge in [0.1, 0.15) is 0 Å². The first-order valence-corrected chi connectivity index (χ1v) is 6.60. The van der Waals surface area contributed by atoms with Crippen molar-refractivity contribution in [3.63, 3.8) is 0 Å². The van der Waals surface area contributed by atoms with Gasteiger partial charge in [-0.2, -0.15) is 0 Å². The molecule has 0 bridgehead atoms. The molecule has 98 valence electrons. The molecule has 0 aromatic heterocycles. The van der Waals surface area contributed by atoms with E-state index < -0.39 is 0 Å². The highest BCUT2D eigenvalue weighted by atomic mass is 35.5. The Kier molecular flexibility index (Phi) is 4.46. The number of hydrogen-bond donors (Lipinski definition) is 1. The van der Waals surface area contributed by atoms with Crippen LogP contribution in [0.15, 0.2) is 42.5 Å². The number of halogens is 2. The molecule has 0 aliphatic rings. The van der Waals surface area contributed by atoms with E-state index in [1.165, 1.54) is 0 Å². The second kappa shape index (κ2) is 6.09. The zero-order valence-electron chi connectivity index (χ0n) is 10.4. The van der Waals surface area contributed by atoms with Gasteiger partial charge in [-0.25, -0.2) is 0 Å². The van der Waals surface area contributed by atoms with Gasteiger partial charge < -0.3 is 5.32 Å². The summed E-state index contributed by atoms with van der Waals surface area (Å²) in [5.41, 5.74) is 2.88. The smallest absolute Gasteiger partial charge is 0.224 e. The number of likely N-dealkylation sites (N-methyl/N-ethyl adjacent to an activating group) is 1. The molecule has 0 aliphatic heterocycles. The van der Waals surface area contributed by atoms with Crippen molar-refractivity contribution in [2.45, 2.75) is 6.42 Å². The van der Waals surface area contributed by atoms with E-state index in [9.17, 15) is 4.79 Å². The lowest BCUT2D eigenvalue weighted by Crippen LogP contribution is -2.19. The first-order valence-electron chi connectivity index (χ1n) is 5.84. The van der Waals surface area contributed by atoms with E-state index in [4.69, 9.17) is 23.2 Å². The molecule has 0 atom stereocenters. The highest BCUT2D eigenvalue weighted by Gasteiger charge is 2.05. The minimum atomic E-state index is -0.0127. The van der Waals surface area contributed by atoms with Crippen LogP contribution < -0.4 is 5.32 Å². The van der Waals surface area contributed by atoms with Gasteiger partial charge in [-0.15, -0.1) is 0 Å². The van der Waals surface area contributed by atoms with Gasteiger partial charge in [-0.1, -0.05) is 47.5 Å². The highest BCUT2D eigenvalue weighted by molar-refractivity contribution is 6.35. The van der Waals surface area contributed by atoms with Crippen LogP contribution >= 0.6 is 23.2 Å². The zero-order chi connectivity index (χ0) is 13.8. The summed E-state index contributed by atoms with van der Waals surface area (Å²) in [5.74, 6) is -0.0127. The molecule has 0 unspecified atom stereocenters. The third-order valence-corrected chi connectivity index (χ3v) is 3.20. The Balaban J connectivity index is 2.34. The lowest BCUT2D eigenvalue weighted by atomic mass is 10.0. The van der Waals surface area contributed by atoms with Crippen molar-refractivity contribution >= 4 is 29.1 Å². The number of hydrogen-bond acceptors (Lipinski definition) is 1. The summed E-state index contributed by atoms with van der Waals surface area (Å²) < 4.78 is 0. The first-order chi connectivity index (χ1) is 9.08. The largest absolute Gasteiger partial charge is 0.359 e. The fourth-order valence-corrected chi connectivity index (χ4v) is 2.38. The monoisotopic (exact) mass is 293 g/mol. The number of rotatable bonds is 3. The molecule has 2 aromatic carbocycles. The van der Waals surface area contributed by atoms with Crippen LogP contribution in [0.4, 0.5) is 0 Å². The van der Waals surface area contributed by atoms with Gasteiger partial charge in [-0.05, 0) is 34.9 Å². The maximum atomic E-state index is 11.4. The first kappa shape index (κ1) is 13.9. The second-order valence-corrected chi connectivity index (χ2v) is 5.08. The van der Waals surface area contributed by atoms with Crippen LogP contribution in [0.2, 0.25) is 10.0 Å². The normalized spacial score (nSPS) is 10.3. The van der Waals surface area contributed by atoms with E-state index in [0.717, 1.165) is 16.7 Å². The summed E-state index contributed by atoms with van der Waals surface area (Å²) in [4.78, 5) is 11.4. The molecule has 0 saturated carbocycles. The Bertz CT molecular complexity index is 591. The predicted octanol–water partition coefficient (Wildman–Crippen LogP) is 3.95. The fraction of sp³-hybridized carbons (Fsp3) is 0.133. The molecule has 4 heteroatoms. The van der Waals surface area contributed by atoms with Crippen LogP contribution in [-0.4, -0.2) is 13.0 Å². The fourth-order valence-electron chi connectivity index (χ4n) is 1.86. The van der Waals surface area contributed by atoms with Gasteiger partial charge >= 0.3 is 0 Å². The van der Waals surface area contributed by atoms with Crippen LogP contribution in [0, 0.1) is 0 Å². The summed E-state index contributed by atoms with van der Waals surface area (Å²) in [7, 11) is 1.63. The molecule has 2 rings (SSSR count). The zero-order valence-corrected chi connectivity index (χ0v) is 11.9. The van der Waals surface area contributed by atoms with Crippen molar-refractivity contribution in [2.75, 3.05) is 7.05 Å². The molecule has 0 radical (unpaired) electrons. The Labute approximate surface area is 122 Å². The summed E-state index contributed by atoms with van der Waals surface area (Å²) in [6.45, 7) is 0. The average molecular weight is 294 g/mol. The lowest BCUT2D eigenvalue weighted by Gasteiger charge is -2.06. The molecule has 2 nitrogen and oxygen atoms in total. The molecule has 19 heavy (non-hydrogen) atoms. The molecule has 0 aliphatic carbocycles. The summed E-state index contributed by atoms with van der Waals surface area (Å²) in [6.07, 6.45) is 0.360. The third kappa shape index (κ3) is 3.72. The van der Waals surface area contributed by atoms with Crippen LogP contribution in [0.3, 0.4) is 0 Å². The Morgan fingerprint density at radius 1 is 1.05 bits per heavy atom. The molecule has 1 amide bonds. The minimum Gasteiger partial charge on any atom is -0.359 e. The topological polar surface area (TPSA) is 29.1 Å². The van der Waals surface area contributed by atoms with Crippen LogP contribution in [0.1, 0.15) is 5.56 Å². The third-order valence-electron chi connectivity index (χ3n) is 2.77. The maximum absolute atomic E-state index is 11.4. The highest BCUT2D eigenvalue weighted by Crippen LogP contribution is 2.27. The molecular weight excluding hydrogens is 281 g/mol. The quantitative estimate of drug-likeness (QED) is 0.912. The number of amides is 1. The van der Waals surface area contributed by atoms with E-state index >= 15 is 0 Å². The molecular formula is C15H13Cl2NO. The van der Waals surface area contributed by atoms with E-state index in [1.807, 2.05) is 36.4 Å². The van der Waals surface area contributed by atoms with Crippen molar-refractivity contribution in [1.29, 1.82) is 0 Å². The number of carbonyl (C=O) groups is 1. The Morgan fingerprint density at radius 2 is 1.74 bits per heavy atom. The van der Waals surface area contributed by atoms with Crippen molar-refractivity contribution in [1.82, 2.24) is 5.32 Å². The van der Waals surface area contributed by atoms with E-state index in [0.29, 0.717) is 16.5 Å². The van der Waals surface area contributed by atoms with Crippen LogP contribution in [0.5, 0.6) is 0 Å². The van der Waals surface area contributed by atoms with E-state index in [-0.39, 0.29) is 5.91 Å². The minimum absolute atomic E-state index is 0.0127. The van der Waals surface area contributed by atoms with Gasteiger partial charge in [0.2, 0.25) is 5.91 Å². The van der Waals surface area contributed by atoms with E-state index in [1.54, 1.807) is 13.1 Å². The predicted molar refractivity (Wildman–Crippen MR) is 79.7 cm³/mol. The molecule has 1 N–H and O–H groups in total. The van der Waals surface area contributed by atoms with Crippen molar-refractivity contribution in [2.24, 2.45) is 0 Å². The molecule has 2 aromatic rings. The van der Waals surface area contributed by atoms with E-state index in [2.05, 4.69) is 5.32 Å². The second-order valence-electron chi connectivity index (χ2n) is 4.21. The molecule has 0 heterocycles. The van der Waals surface area contributed by atoms with Crippen molar-refractivity contribution in [3.05, 3.63) is 58.1 Å². The standard InChI is InChI=1S/C15H13Cl2NO/c1-18-15(19)6-10-3-2-4-11(5-10)12-7-13(16)9-14(17)8-12/h2-5,7-9H,6H2,1H3,(H,18,19). The summed E-state index contributed by atoms with van der Waals surface area (Å²) >= 11 is 12.0. The van der Waals surface area contributed by atoms with Gasteiger partial charge in [0.25, 0.3) is 0 Å². The Morgan fingerprint density at radius 3 is 2.37 bits per heavy atom. The van der Waals surface area contributed by atoms with Crippen LogP contribution in [-0.2, 0) is 11.2 Å². The van der Waals surface area contributed by atoms with Gasteiger partial charge in [0, 0.05) is 17.1 Å². The molecule has 0 saturated heterocycles.